The van der Waals surface area contributed by atoms with Crippen molar-refractivity contribution in [1.29, 1.82) is 0 Å². The fraction of sp³-hybridized carbons (Fsp3) is 0.364. The Morgan fingerprint density at radius 1 is 1.36 bits per heavy atom. The minimum atomic E-state index is 0.748. The highest BCUT2D eigenvalue weighted by atomic mass is 16.5. The van der Waals surface area contributed by atoms with E-state index in [1.54, 1.807) is 4.90 Å². The van der Waals surface area contributed by atoms with Gasteiger partial charge in [0.25, 0.3) is 0 Å². The number of benzene rings is 1. The molecule has 1 aromatic rings. The van der Waals surface area contributed by atoms with Gasteiger partial charge < -0.3 is 9.64 Å². The van der Waals surface area contributed by atoms with Gasteiger partial charge in [0.05, 0.1) is 12.3 Å². The number of hydrogen-bond acceptors (Lipinski definition) is 2. The maximum atomic E-state index is 10.9. The molecule has 1 amide bonds. The average Bonchev–Trinajstić information content (AvgIpc) is 2.82. The Bertz CT molecular complexity index is 401. The monoisotopic (exact) mass is 189 g/mol. The van der Waals surface area contributed by atoms with Gasteiger partial charge in [-0.3, -0.25) is 4.79 Å². The van der Waals surface area contributed by atoms with Gasteiger partial charge in [-0.1, -0.05) is 6.07 Å². The van der Waals surface area contributed by atoms with Gasteiger partial charge >= 0.3 is 0 Å². The van der Waals surface area contributed by atoms with Crippen LogP contribution in [0.4, 0.5) is 5.69 Å². The van der Waals surface area contributed by atoms with E-state index in [4.69, 9.17) is 4.74 Å². The number of nitrogens with zero attached hydrogens (tertiary/aromatic N) is 1. The molecular formula is C11H11NO2. The molecule has 0 saturated heterocycles. The second-order valence-corrected chi connectivity index (χ2v) is 3.70. The van der Waals surface area contributed by atoms with Gasteiger partial charge in [-0.15, -0.1) is 0 Å². The first kappa shape index (κ1) is 7.85. The molecular weight excluding hydrogens is 178 g/mol. The molecule has 0 N–H and O–H groups in total. The highest BCUT2D eigenvalue weighted by molar-refractivity contribution is 5.83. The molecule has 1 aromatic carbocycles. The van der Waals surface area contributed by atoms with Crippen LogP contribution in [0.3, 0.4) is 0 Å². The minimum absolute atomic E-state index is 0.748. The number of fused-ring (bicyclic) bond motifs is 3. The van der Waals surface area contributed by atoms with Gasteiger partial charge in [0, 0.05) is 18.5 Å². The molecule has 3 rings (SSSR count). The van der Waals surface area contributed by atoms with Crippen LogP contribution < -0.4 is 9.64 Å². The number of amides is 1. The van der Waals surface area contributed by atoms with E-state index in [2.05, 4.69) is 6.07 Å². The second kappa shape index (κ2) is 2.74. The minimum Gasteiger partial charge on any atom is -0.493 e. The van der Waals surface area contributed by atoms with Crippen molar-refractivity contribution in [3.8, 4) is 5.75 Å². The second-order valence-electron chi connectivity index (χ2n) is 3.70. The number of carbonyl (C=O) groups is 1. The van der Waals surface area contributed by atoms with E-state index >= 15 is 0 Å². The third-order valence-electron chi connectivity index (χ3n) is 2.97. The number of hydrogen-bond donors (Lipinski definition) is 0. The Labute approximate surface area is 82.3 Å². The summed E-state index contributed by atoms with van der Waals surface area (Å²) < 4.78 is 5.47. The smallest absolute Gasteiger partial charge is 0.214 e. The Morgan fingerprint density at radius 3 is 3.14 bits per heavy atom. The molecule has 0 spiro atoms. The number of carbonyl (C=O) groups excluding carboxylic acids is 1. The van der Waals surface area contributed by atoms with Crippen molar-refractivity contribution < 1.29 is 9.53 Å². The molecule has 0 atom stereocenters. The Balaban J connectivity index is 2.20. The van der Waals surface area contributed by atoms with Crippen LogP contribution in [0, 0.1) is 0 Å². The zero-order valence-electron chi connectivity index (χ0n) is 7.82. The van der Waals surface area contributed by atoms with E-state index < -0.39 is 0 Å². The molecule has 0 radical (unpaired) electrons. The van der Waals surface area contributed by atoms with Crippen molar-refractivity contribution in [3.63, 3.8) is 0 Å². The normalized spacial score (nSPS) is 17.6. The van der Waals surface area contributed by atoms with E-state index in [1.807, 2.05) is 6.07 Å². The summed E-state index contributed by atoms with van der Waals surface area (Å²) in [7, 11) is 0. The molecule has 0 bridgehead atoms. The van der Waals surface area contributed by atoms with Crippen molar-refractivity contribution in [2.75, 3.05) is 18.1 Å². The molecule has 2 aliphatic rings. The summed E-state index contributed by atoms with van der Waals surface area (Å²) in [6.07, 6.45) is 2.83. The lowest BCUT2D eigenvalue weighted by atomic mass is 10.1. The van der Waals surface area contributed by atoms with Gasteiger partial charge in [0.1, 0.15) is 5.75 Å². The summed E-state index contributed by atoms with van der Waals surface area (Å²) in [6, 6.07) is 4.10. The molecule has 0 unspecified atom stereocenters. The van der Waals surface area contributed by atoms with E-state index in [9.17, 15) is 4.79 Å². The molecule has 0 aliphatic carbocycles. The molecule has 72 valence electrons. The Morgan fingerprint density at radius 2 is 2.29 bits per heavy atom. The standard InChI is InChI=1S/C11H11NO2/c13-7-12-5-3-8-1-2-10-9(11(8)12)4-6-14-10/h1-2,7H,3-6H2. The molecule has 0 fully saturated rings. The predicted octanol–water partition coefficient (Wildman–Crippen LogP) is 1.14. The largest absolute Gasteiger partial charge is 0.493 e. The fourth-order valence-electron chi connectivity index (χ4n) is 2.32. The number of anilines is 1. The maximum Gasteiger partial charge on any atom is 0.214 e. The summed E-state index contributed by atoms with van der Waals surface area (Å²) in [4.78, 5) is 12.6. The van der Waals surface area contributed by atoms with Crippen LogP contribution in [0.25, 0.3) is 0 Å². The molecule has 2 heterocycles. The van der Waals surface area contributed by atoms with Gasteiger partial charge in [-0.05, 0) is 18.1 Å². The third-order valence-corrected chi connectivity index (χ3v) is 2.97. The summed E-state index contributed by atoms with van der Waals surface area (Å²) >= 11 is 0. The van der Waals surface area contributed by atoms with Crippen LogP contribution in [0.2, 0.25) is 0 Å². The van der Waals surface area contributed by atoms with E-state index in [1.165, 1.54) is 11.1 Å². The molecule has 3 heteroatoms. The molecule has 2 aliphatic heterocycles. The van der Waals surface area contributed by atoms with Crippen LogP contribution in [0.5, 0.6) is 5.75 Å². The topological polar surface area (TPSA) is 29.5 Å². The highest BCUT2D eigenvalue weighted by Gasteiger charge is 2.26. The van der Waals surface area contributed by atoms with Crippen LogP contribution in [-0.4, -0.2) is 19.6 Å². The van der Waals surface area contributed by atoms with Crippen molar-refractivity contribution >= 4 is 12.1 Å². The number of ether oxygens (including phenoxy) is 1. The summed E-state index contributed by atoms with van der Waals surface area (Å²) in [5, 5.41) is 0. The van der Waals surface area contributed by atoms with Crippen LogP contribution >= 0.6 is 0 Å². The van der Waals surface area contributed by atoms with Crippen molar-refractivity contribution in [2.45, 2.75) is 12.8 Å². The van der Waals surface area contributed by atoms with Gasteiger partial charge in [-0.2, -0.15) is 0 Å². The van der Waals surface area contributed by atoms with Crippen molar-refractivity contribution in [3.05, 3.63) is 23.3 Å². The van der Waals surface area contributed by atoms with Gasteiger partial charge in [-0.25, -0.2) is 0 Å². The van der Waals surface area contributed by atoms with Crippen LogP contribution in [0.1, 0.15) is 11.1 Å². The lowest BCUT2D eigenvalue weighted by molar-refractivity contribution is -0.107. The zero-order chi connectivity index (χ0) is 9.54. The number of rotatable bonds is 1. The quantitative estimate of drug-likeness (QED) is 0.620. The van der Waals surface area contributed by atoms with Crippen molar-refractivity contribution in [2.24, 2.45) is 0 Å². The lowest BCUT2D eigenvalue weighted by Crippen LogP contribution is -2.18. The summed E-state index contributed by atoms with van der Waals surface area (Å²) in [6.45, 7) is 1.56. The molecule has 3 nitrogen and oxygen atoms in total. The first-order valence-corrected chi connectivity index (χ1v) is 4.89. The zero-order valence-corrected chi connectivity index (χ0v) is 7.82. The fourth-order valence-corrected chi connectivity index (χ4v) is 2.32. The summed E-state index contributed by atoms with van der Waals surface area (Å²) in [5.41, 5.74) is 3.60. The SMILES string of the molecule is O=CN1CCc2ccc3c(c21)CCO3. The molecule has 0 aromatic heterocycles. The summed E-state index contributed by atoms with van der Waals surface area (Å²) in [5.74, 6) is 0.956. The Hall–Kier alpha value is -1.51. The third kappa shape index (κ3) is 0.895. The molecule has 0 saturated carbocycles. The van der Waals surface area contributed by atoms with E-state index in [0.29, 0.717) is 0 Å². The first-order chi connectivity index (χ1) is 6.90. The molecule has 14 heavy (non-hydrogen) atoms. The van der Waals surface area contributed by atoms with Crippen molar-refractivity contribution in [1.82, 2.24) is 0 Å². The average molecular weight is 189 g/mol. The van der Waals surface area contributed by atoms with Gasteiger partial charge in [0.2, 0.25) is 6.41 Å². The highest BCUT2D eigenvalue weighted by Crippen LogP contribution is 2.39. The van der Waals surface area contributed by atoms with Crippen LogP contribution in [-0.2, 0) is 17.6 Å². The lowest BCUT2D eigenvalue weighted by Gasteiger charge is -2.13. The van der Waals surface area contributed by atoms with E-state index in [0.717, 1.165) is 43.8 Å². The van der Waals surface area contributed by atoms with Gasteiger partial charge in [0.15, 0.2) is 0 Å². The first-order valence-electron chi connectivity index (χ1n) is 4.89. The van der Waals surface area contributed by atoms with Crippen LogP contribution in [0.15, 0.2) is 12.1 Å². The Kier molecular flexibility index (Phi) is 1.54. The maximum absolute atomic E-state index is 10.9. The predicted molar refractivity (Wildman–Crippen MR) is 52.8 cm³/mol. The van der Waals surface area contributed by atoms with E-state index in [-0.39, 0.29) is 0 Å².